The Morgan fingerprint density at radius 2 is 1.85 bits per heavy atom. The number of hydrogen-bond acceptors (Lipinski definition) is 2. The van der Waals surface area contributed by atoms with Crippen LogP contribution < -0.4 is 0 Å². The van der Waals surface area contributed by atoms with Crippen LogP contribution in [0.1, 0.15) is 37.2 Å². The van der Waals surface area contributed by atoms with E-state index < -0.39 is 0 Å². The first-order valence-electron chi connectivity index (χ1n) is 4.13. The van der Waals surface area contributed by atoms with E-state index in [4.69, 9.17) is 4.74 Å². The Bertz CT molecular complexity index is 279. The normalized spacial score (nSPS) is 11.7. The van der Waals surface area contributed by atoms with E-state index in [-0.39, 0.29) is 13.4 Å². The van der Waals surface area contributed by atoms with Crippen molar-refractivity contribution in [2.24, 2.45) is 0 Å². The highest BCUT2D eigenvalue weighted by Gasteiger charge is 2.18. The molecule has 1 aromatic carbocycles. The fraction of sp³-hybridized carbons (Fsp3) is 0.364. The second kappa shape index (κ2) is 5.36. The van der Waals surface area contributed by atoms with Crippen LogP contribution in [-0.2, 0) is 11.3 Å². The minimum Gasteiger partial charge on any atom is -0.457 e. The van der Waals surface area contributed by atoms with Crippen LogP contribution in [0.5, 0.6) is 0 Å². The van der Waals surface area contributed by atoms with Crippen LogP contribution in [0, 0.1) is 0 Å². The molecule has 2 rings (SSSR count). The van der Waals surface area contributed by atoms with Crippen LogP contribution in [0.25, 0.3) is 0 Å². The Morgan fingerprint density at radius 1 is 1.23 bits per heavy atom. The lowest BCUT2D eigenvalue weighted by molar-refractivity contribution is 0.0535. The van der Waals surface area contributed by atoms with Crippen molar-refractivity contribution in [3.05, 3.63) is 35.4 Å². The molecular formula is C11H16O2. The van der Waals surface area contributed by atoms with Gasteiger partial charge >= 0.3 is 5.97 Å². The summed E-state index contributed by atoms with van der Waals surface area (Å²) in [5.41, 5.74) is 1.70. The predicted molar refractivity (Wildman–Crippen MR) is 53.6 cm³/mol. The van der Waals surface area contributed by atoms with E-state index in [0.717, 1.165) is 5.56 Å². The Hall–Kier alpha value is -1.31. The zero-order valence-electron chi connectivity index (χ0n) is 7.33. The molecular weight excluding hydrogens is 164 g/mol. The number of carbonyl (C=O) groups excluding carboxylic acids is 1. The van der Waals surface area contributed by atoms with Gasteiger partial charge in [0.25, 0.3) is 0 Å². The Labute approximate surface area is 79.5 Å². The summed E-state index contributed by atoms with van der Waals surface area (Å²) in [7, 11) is 0. The smallest absolute Gasteiger partial charge is 0.338 e. The van der Waals surface area contributed by atoms with Gasteiger partial charge in [0.05, 0.1) is 5.56 Å². The molecule has 1 heterocycles. The average molecular weight is 180 g/mol. The summed E-state index contributed by atoms with van der Waals surface area (Å²) < 4.78 is 4.78. The standard InChI is InChI=1S/C8H6O2.C2H6.CH4/c9-8-7-4-2-1-3-6(7)5-10-8;1-2;/h1-4H,5H2;1-2H3;1H4. The highest BCUT2D eigenvalue weighted by Crippen LogP contribution is 2.17. The van der Waals surface area contributed by atoms with Crippen LogP contribution in [0.3, 0.4) is 0 Å². The highest BCUT2D eigenvalue weighted by molar-refractivity contribution is 5.93. The summed E-state index contributed by atoms with van der Waals surface area (Å²) in [4.78, 5) is 10.8. The molecule has 0 aliphatic carbocycles. The van der Waals surface area contributed by atoms with Gasteiger partial charge in [0, 0.05) is 5.56 Å². The van der Waals surface area contributed by atoms with Gasteiger partial charge in [-0.25, -0.2) is 4.79 Å². The van der Waals surface area contributed by atoms with E-state index in [2.05, 4.69) is 0 Å². The molecule has 13 heavy (non-hydrogen) atoms. The maximum atomic E-state index is 10.8. The lowest BCUT2D eigenvalue weighted by atomic mass is 10.1. The SMILES string of the molecule is C.CC.O=C1OCc2ccccc21. The number of esters is 1. The monoisotopic (exact) mass is 180 g/mol. The van der Waals surface area contributed by atoms with E-state index in [1.165, 1.54) is 0 Å². The number of ether oxygens (including phenoxy) is 1. The number of rotatable bonds is 0. The van der Waals surface area contributed by atoms with Gasteiger partial charge in [-0.15, -0.1) is 0 Å². The molecule has 1 aliphatic heterocycles. The molecule has 1 aliphatic rings. The topological polar surface area (TPSA) is 26.3 Å². The Balaban J connectivity index is 0.000000451. The molecule has 72 valence electrons. The molecule has 0 bridgehead atoms. The van der Waals surface area contributed by atoms with Crippen molar-refractivity contribution in [3.63, 3.8) is 0 Å². The van der Waals surface area contributed by atoms with E-state index in [9.17, 15) is 4.79 Å². The summed E-state index contributed by atoms with van der Waals surface area (Å²) in [5.74, 6) is -0.199. The maximum Gasteiger partial charge on any atom is 0.338 e. The first-order valence-corrected chi connectivity index (χ1v) is 4.13. The van der Waals surface area contributed by atoms with Crippen molar-refractivity contribution >= 4 is 5.97 Å². The molecule has 0 saturated heterocycles. The third-order valence-corrected chi connectivity index (χ3v) is 1.60. The minimum atomic E-state index is -0.199. The summed E-state index contributed by atoms with van der Waals surface area (Å²) in [5, 5.41) is 0. The van der Waals surface area contributed by atoms with E-state index in [1.807, 2.05) is 32.0 Å². The molecule has 0 unspecified atom stereocenters. The molecule has 2 heteroatoms. The molecule has 0 aromatic heterocycles. The van der Waals surface area contributed by atoms with E-state index in [0.29, 0.717) is 12.2 Å². The number of fused-ring (bicyclic) bond motifs is 1. The Kier molecular flexibility index (Phi) is 4.82. The third kappa shape index (κ3) is 2.31. The van der Waals surface area contributed by atoms with Crippen molar-refractivity contribution in [1.82, 2.24) is 0 Å². The molecule has 2 nitrogen and oxygen atoms in total. The summed E-state index contributed by atoms with van der Waals surface area (Å²) in [6.45, 7) is 4.44. The molecule has 0 amide bonds. The van der Waals surface area contributed by atoms with Crippen LogP contribution >= 0.6 is 0 Å². The molecule has 1 aromatic rings. The van der Waals surface area contributed by atoms with Gasteiger partial charge in [0.15, 0.2) is 0 Å². The summed E-state index contributed by atoms with van der Waals surface area (Å²) >= 11 is 0. The van der Waals surface area contributed by atoms with Crippen molar-refractivity contribution in [3.8, 4) is 0 Å². The zero-order chi connectivity index (χ0) is 8.97. The lowest BCUT2D eigenvalue weighted by Gasteiger charge is -1.87. The molecule has 0 N–H and O–H groups in total. The van der Waals surface area contributed by atoms with Crippen molar-refractivity contribution in [2.45, 2.75) is 27.9 Å². The summed E-state index contributed by atoms with van der Waals surface area (Å²) in [6, 6.07) is 7.43. The van der Waals surface area contributed by atoms with Gasteiger partial charge in [-0.1, -0.05) is 39.5 Å². The van der Waals surface area contributed by atoms with Gasteiger partial charge in [-0.2, -0.15) is 0 Å². The fourth-order valence-electron chi connectivity index (χ4n) is 1.07. The van der Waals surface area contributed by atoms with Crippen LogP contribution in [0.2, 0.25) is 0 Å². The first-order chi connectivity index (χ1) is 5.88. The zero-order valence-corrected chi connectivity index (χ0v) is 7.33. The van der Waals surface area contributed by atoms with Gasteiger partial charge in [-0.05, 0) is 6.07 Å². The molecule has 0 fully saturated rings. The second-order valence-electron chi connectivity index (χ2n) is 2.23. The maximum absolute atomic E-state index is 10.8. The predicted octanol–water partition coefficient (Wildman–Crippen LogP) is 3.02. The van der Waals surface area contributed by atoms with Gasteiger partial charge in [0.2, 0.25) is 0 Å². The van der Waals surface area contributed by atoms with Crippen LogP contribution in [0.15, 0.2) is 24.3 Å². The Morgan fingerprint density at radius 3 is 2.46 bits per heavy atom. The van der Waals surface area contributed by atoms with Gasteiger partial charge in [-0.3, -0.25) is 0 Å². The highest BCUT2D eigenvalue weighted by atomic mass is 16.5. The van der Waals surface area contributed by atoms with Gasteiger partial charge < -0.3 is 4.74 Å². The number of carbonyl (C=O) groups is 1. The lowest BCUT2D eigenvalue weighted by Crippen LogP contribution is -1.91. The van der Waals surface area contributed by atoms with Crippen molar-refractivity contribution in [2.75, 3.05) is 0 Å². The molecule has 0 saturated carbocycles. The summed E-state index contributed by atoms with van der Waals surface area (Å²) in [6.07, 6.45) is 0. The van der Waals surface area contributed by atoms with E-state index in [1.54, 1.807) is 6.07 Å². The van der Waals surface area contributed by atoms with Crippen molar-refractivity contribution < 1.29 is 9.53 Å². The minimum absolute atomic E-state index is 0. The number of hydrogen-bond donors (Lipinski definition) is 0. The first kappa shape index (κ1) is 11.7. The molecule has 0 atom stereocenters. The molecule has 0 radical (unpaired) electrons. The van der Waals surface area contributed by atoms with Crippen LogP contribution in [-0.4, -0.2) is 5.97 Å². The van der Waals surface area contributed by atoms with Crippen LogP contribution in [0.4, 0.5) is 0 Å². The fourth-order valence-corrected chi connectivity index (χ4v) is 1.07. The van der Waals surface area contributed by atoms with Gasteiger partial charge in [0.1, 0.15) is 6.61 Å². The van der Waals surface area contributed by atoms with Crippen molar-refractivity contribution in [1.29, 1.82) is 0 Å². The quantitative estimate of drug-likeness (QED) is 0.574. The van der Waals surface area contributed by atoms with E-state index >= 15 is 0 Å². The largest absolute Gasteiger partial charge is 0.457 e. The molecule has 0 spiro atoms. The average Bonchev–Trinajstić information content (AvgIpc) is 2.53. The number of cyclic esters (lactones) is 1. The number of benzene rings is 1. The second-order valence-corrected chi connectivity index (χ2v) is 2.23. The third-order valence-electron chi connectivity index (χ3n) is 1.60.